The van der Waals surface area contributed by atoms with Gasteiger partial charge in [0.15, 0.2) is 0 Å². The van der Waals surface area contributed by atoms with Gasteiger partial charge in [-0.3, -0.25) is 10.0 Å². The van der Waals surface area contributed by atoms with E-state index in [1.807, 2.05) is 9.80 Å². The third-order valence-corrected chi connectivity index (χ3v) is 4.82. The molecule has 142 valence electrons. The minimum atomic E-state index is -4.47. The van der Waals surface area contributed by atoms with E-state index in [2.05, 4.69) is 15.0 Å². The van der Waals surface area contributed by atoms with Gasteiger partial charge in [0.05, 0.1) is 17.6 Å². The van der Waals surface area contributed by atoms with E-state index in [0.717, 1.165) is 12.5 Å². The van der Waals surface area contributed by atoms with E-state index in [0.29, 0.717) is 24.9 Å². The summed E-state index contributed by atoms with van der Waals surface area (Å²) in [6.45, 7) is 1.06. The molecule has 2 aliphatic rings. The molecule has 0 aromatic carbocycles. The quantitative estimate of drug-likeness (QED) is 0.615. The number of carbonyl (C=O) groups is 1. The van der Waals surface area contributed by atoms with Crippen LogP contribution in [0.4, 0.5) is 24.9 Å². The predicted octanol–water partition coefficient (Wildman–Crippen LogP) is 1.48. The van der Waals surface area contributed by atoms with Gasteiger partial charge in [-0.2, -0.15) is 13.2 Å². The van der Waals surface area contributed by atoms with E-state index >= 15 is 0 Å². The van der Waals surface area contributed by atoms with Gasteiger partial charge < -0.3 is 9.80 Å². The summed E-state index contributed by atoms with van der Waals surface area (Å²) < 4.78 is 38.7. The Bertz CT molecular complexity index is 860. The van der Waals surface area contributed by atoms with Crippen LogP contribution in [-0.4, -0.2) is 51.2 Å². The number of amides is 1. The van der Waals surface area contributed by atoms with E-state index in [9.17, 15) is 18.0 Å². The molecule has 2 N–H and O–H groups in total. The minimum Gasteiger partial charge on any atom is -0.350 e. The molecular formula is C16H15F3N6O2. The Morgan fingerprint density at radius 1 is 1.15 bits per heavy atom. The summed E-state index contributed by atoms with van der Waals surface area (Å²) in [4.78, 5) is 27.2. The number of alkyl halides is 3. The maximum Gasteiger partial charge on any atom is 0.433 e. The number of anilines is 2. The zero-order chi connectivity index (χ0) is 19.2. The molecule has 2 saturated heterocycles. The molecule has 0 unspecified atom stereocenters. The summed E-state index contributed by atoms with van der Waals surface area (Å²) in [5.41, 5.74) is 0.733. The zero-order valence-electron chi connectivity index (χ0n) is 13.9. The van der Waals surface area contributed by atoms with Crippen LogP contribution in [0.2, 0.25) is 0 Å². The number of pyridine rings is 1. The van der Waals surface area contributed by atoms with Gasteiger partial charge in [0.2, 0.25) is 5.95 Å². The molecule has 2 aromatic heterocycles. The van der Waals surface area contributed by atoms with E-state index in [-0.39, 0.29) is 17.6 Å². The Labute approximate surface area is 151 Å². The Hall–Kier alpha value is -2.95. The molecule has 0 radical (unpaired) electrons. The highest BCUT2D eigenvalue weighted by molar-refractivity contribution is 5.92. The molecule has 11 heteroatoms. The maximum atomic E-state index is 12.9. The van der Waals surface area contributed by atoms with Crippen LogP contribution in [0.1, 0.15) is 22.5 Å². The van der Waals surface area contributed by atoms with Crippen molar-refractivity contribution in [2.45, 2.75) is 24.7 Å². The van der Waals surface area contributed by atoms with Crippen molar-refractivity contribution in [3.05, 3.63) is 41.9 Å². The van der Waals surface area contributed by atoms with Gasteiger partial charge in [0, 0.05) is 25.5 Å². The Morgan fingerprint density at radius 3 is 2.41 bits per heavy atom. The first-order valence-corrected chi connectivity index (χ1v) is 8.21. The normalized spacial score (nSPS) is 21.6. The maximum absolute atomic E-state index is 12.9. The fourth-order valence-electron chi connectivity index (χ4n) is 3.58. The topological polar surface area (TPSA) is 94.5 Å². The number of nitrogens with one attached hydrogen (secondary N) is 1. The monoisotopic (exact) mass is 380 g/mol. The SMILES string of the molecule is O=C(NO)c1cnc(N2C[C@H]3C[C@H]2CN3c2cccc(C(F)(F)F)n2)nc1. The van der Waals surface area contributed by atoms with Crippen LogP contribution in [0.15, 0.2) is 30.6 Å². The molecule has 2 aliphatic heterocycles. The molecule has 4 rings (SSSR count). The molecular weight excluding hydrogens is 365 g/mol. The zero-order valence-corrected chi connectivity index (χ0v) is 13.9. The van der Waals surface area contributed by atoms with Crippen LogP contribution in [-0.2, 0) is 6.18 Å². The number of hydrogen-bond acceptors (Lipinski definition) is 7. The summed E-state index contributed by atoms with van der Waals surface area (Å²) in [5, 5.41) is 8.61. The summed E-state index contributed by atoms with van der Waals surface area (Å²) >= 11 is 0. The Morgan fingerprint density at radius 2 is 1.81 bits per heavy atom. The molecule has 4 heterocycles. The number of rotatable bonds is 3. The van der Waals surface area contributed by atoms with Gasteiger partial charge in [-0.15, -0.1) is 0 Å². The average Bonchev–Trinajstić information content (AvgIpc) is 3.28. The van der Waals surface area contributed by atoms with E-state index < -0.39 is 17.8 Å². The first-order valence-electron chi connectivity index (χ1n) is 8.21. The fraction of sp³-hybridized carbons (Fsp3) is 0.375. The average molecular weight is 380 g/mol. The highest BCUT2D eigenvalue weighted by atomic mass is 19.4. The number of hydrogen-bond donors (Lipinski definition) is 2. The molecule has 0 saturated carbocycles. The third kappa shape index (κ3) is 3.14. The number of aromatic nitrogens is 3. The predicted molar refractivity (Wildman–Crippen MR) is 87.4 cm³/mol. The van der Waals surface area contributed by atoms with Gasteiger partial charge in [0.1, 0.15) is 11.5 Å². The molecule has 0 spiro atoms. The van der Waals surface area contributed by atoms with Crippen LogP contribution in [0, 0.1) is 0 Å². The Kier molecular flexibility index (Phi) is 4.10. The molecule has 1 amide bonds. The van der Waals surface area contributed by atoms with Crippen molar-refractivity contribution in [3.8, 4) is 0 Å². The van der Waals surface area contributed by atoms with Crippen molar-refractivity contribution in [3.63, 3.8) is 0 Å². The number of hydroxylamine groups is 1. The second-order valence-corrected chi connectivity index (χ2v) is 6.44. The largest absolute Gasteiger partial charge is 0.433 e. The van der Waals surface area contributed by atoms with Crippen molar-refractivity contribution in [1.29, 1.82) is 0 Å². The number of nitrogens with zero attached hydrogens (tertiary/aromatic N) is 5. The number of fused-ring (bicyclic) bond motifs is 2. The van der Waals surface area contributed by atoms with Crippen molar-refractivity contribution in [1.82, 2.24) is 20.4 Å². The lowest BCUT2D eigenvalue weighted by atomic mass is 10.2. The van der Waals surface area contributed by atoms with E-state index in [1.165, 1.54) is 23.9 Å². The molecule has 27 heavy (non-hydrogen) atoms. The van der Waals surface area contributed by atoms with Gasteiger partial charge in [-0.1, -0.05) is 6.07 Å². The van der Waals surface area contributed by atoms with Crippen LogP contribution in [0.3, 0.4) is 0 Å². The van der Waals surface area contributed by atoms with Crippen LogP contribution < -0.4 is 15.3 Å². The van der Waals surface area contributed by atoms with Crippen LogP contribution in [0.25, 0.3) is 0 Å². The van der Waals surface area contributed by atoms with Crippen LogP contribution in [0.5, 0.6) is 0 Å². The molecule has 0 aliphatic carbocycles. The number of piperazine rings is 1. The van der Waals surface area contributed by atoms with Crippen molar-refractivity contribution in [2.24, 2.45) is 0 Å². The number of carbonyl (C=O) groups excluding carboxylic acids is 1. The molecule has 2 atom stereocenters. The van der Waals surface area contributed by atoms with E-state index in [4.69, 9.17) is 5.21 Å². The minimum absolute atomic E-state index is 0.00926. The van der Waals surface area contributed by atoms with Gasteiger partial charge in [-0.05, 0) is 18.6 Å². The van der Waals surface area contributed by atoms with Gasteiger partial charge >= 0.3 is 6.18 Å². The summed E-state index contributed by atoms with van der Waals surface area (Å²) in [6, 6.07) is 3.96. The second-order valence-electron chi connectivity index (χ2n) is 6.44. The Balaban J connectivity index is 1.49. The lowest BCUT2D eigenvalue weighted by Crippen LogP contribution is -2.47. The van der Waals surface area contributed by atoms with Crippen LogP contribution >= 0.6 is 0 Å². The second kappa shape index (κ2) is 6.34. The molecule has 8 nitrogen and oxygen atoms in total. The first kappa shape index (κ1) is 17.5. The highest BCUT2D eigenvalue weighted by Crippen LogP contribution is 2.36. The molecule has 2 bridgehead atoms. The van der Waals surface area contributed by atoms with E-state index in [1.54, 1.807) is 6.07 Å². The van der Waals surface area contributed by atoms with Gasteiger partial charge in [0.25, 0.3) is 5.91 Å². The summed E-state index contributed by atoms with van der Waals surface area (Å²) in [7, 11) is 0. The fourth-order valence-corrected chi connectivity index (χ4v) is 3.58. The highest BCUT2D eigenvalue weighted by Gasteiger charge is 2.45. The van der Waals surface area contributed by atoms with Gasteiger partial charge in [-0.25, -0.2) is 20.4 Å². The van der Waals surface area contributed by atoms with Crippen molar-refractivity contribution < 1.29 is 23.2 Å². The standard InChI is InChI=1S/C16H15F3N6O2/c17-16(18,19)12-2-1-3-13(22-12)24-7-11-4-10(24)8-25(11)15-20-5-9(6-21-15)14(26)23-27/h1-3,5-6,10-11,27H,4,7-8H2,(H,23,26)/t10-,11+/m1/s1. The molecule has 2 aromatic rings. The van der Waals surface area contributed by atoms with Crippen molar-refractivity contribution in [2.75, 3.05) is 22.9 Å². The van der Waals surface area contributed by atoms with Crippen molar-refractivity contribution >= 4 is 17.7 Å². The summed E-state index contributed by atoms with van der Waals surface area (Å²) in [6.07, 6.45) is -1.09. The third-order valence-electron chi connectivity index (χ3n) is 4.82. The summed E-state index contributed by atoms with van der Waals surface area (Å²) in [5.74, 6) is 0.0489. The lowest BCUT2D eigenvalue weighted by molar-refractivity contribution is -0.141. The smallest absolute Gasteiger partial charge is 0.350 e. The lowest BCUT2D eigenvalue weighted by Gasteiger charge is -2.35. The first-order chi connectivity index (χ1) is 12.9. The number of halogens is 3. The molecule has 2 fully saturated rings.